The summed E-state index contributed by atoms with van der Waals surface area (Å²) in [5.41, 5.74) is 2.17. The van der Waals surface area contributed by atoms with E-state index < -0.39 is 20.7 Å². The third-order valence-electron chi connectivity index (χ3n) is 5.31. The summed E-state index contributed by atoms with van der Waals surface area (Å²) in [6, 6.07) is 20.1. The Labute approximate surface area is 190 Å². The number of hydrogen-bond acceptors (Lipinski definition) is 5. The maximum absolute atomic E-state index is 13.2. The summed E-state index contributed by atoms with van der Waals surface area (Å²) in [6.45, 7) is 1.59. The van der Waals surface area contributed by atoms with Gasteiger partial charge in [0.1, 0.15) is 6.54 Å². The van der Waals surface area contributed by atoms with Crippen molar-refractivity contribution in [2.24, 2.45) is 0 Å². The lowest BCUT2D eigenvalue weighted by Gasteiger charge is -2.09. The zero-order chi connectivity index (χ0) is 23.6. The monoisotopic (exact) mass is 463 g/mol. The number of sulfone groups is 1. The van der Waals surface area contributed by atoms with E-state index in [1.54, 1.807) is 66.1 Å². The first-order valence-corrected chi connectivity index (χ1v) is 11.8. The molecule has 168 valence electrons. The van der Waals surface area contributed by atoms with Crippen LogP contribution in [0, 0.1) is 17.0 Å². The minimum atomic E-state index is -3.66. The van der Waals surface area contributed by atoms with Gasteiger partial charge >= 0.3 is 0 Å². The smallest absolute Gasteiger partial charge is 0.271 e. The van der Waals surface area contributed by atoms with Crippen LogP contribution in [-0.4, -0.2) is 23.8 Å². The normalized spacial score (nSPS) is 11.4. The quantitative estimate of drug-likeness (QED) is 0.321. The molecule has 0 fully saturated rings. The minimum Gasteiger partial charge on any atom is -0.337 e. The Kier molecular flexibility index (Phi) is 5.97. The largest absolute Gasteiger partial charge is 0.337 e. The van der Waals surface area contributed by atoms with Crippen LogP contribution in [0.4, 0.5) is 11.4 Å². The lowest BCUT2D eigenvalue weighted by molar-refractivity contribution is -0.384. The van der Waals surface area contributed by atoms with E-state index in [-0.39, 0.29) is 22.9 Å². The minimum absolute atomic E-state index is 0.128. The maximum Gasteiger partial charge on any atom is 0.271 e. The number of aryl methyl sites for hydroxylation is 1. The second-order valence-electron chi connectivity index (χ2n) is 7.69. The van der Waals surface area contributed by atoms with Crippen LogP contribution in [0.25, 0.3) is 10.9 Å². The summed E-state index contributed by atoms with van der Waals surface area (Å²) in [4.78, 5) is 23.4. The fourth-order valence-corrected chi connectivity index (χ4v) is 5.25. The number of aromatic nitrogens is 1. The molecule has 0 bridgehead atoms. The number of carbonyl (C=O) groups is 1. The van der Waals surface area contributed by atoms with Crippen molar-refractivity contribution in [3.8, 4) is 0 Å². The Morgan fingerprint density at radius 1 is 1.03 bits per heavy atom. The summed E-state index contributed by atoms with van der Waals surface area (Å²) >= 11 is 0. The zero-order valence-electron chi connectivity index (χ0n) is 17.8. The van der Waals surface area contributed by atoms with Gasteiger partial charge in [-0.15, -0.1) is 0 Å². The van der Waals surface area contributed by atoms with Crippen molar-refractivity contribution in [1.29, 1.82) is 0 Å². The highest BCUT2D eigenvalue weighted by Gasteiger charge is 2.22. The van der Waals surface area contributed by atoms with Gasteiger partial charge in [0, 0.05) is 29.2 Å². The Balaban J connectivity index is 1.64. The second-order valence-corrected chi connectivity index (χ2v) is 9.65. The van der Waals surface area contributed by atoms with E-state index >= 15 is 0 Å². The third-order valence-corrected chi connectivity index (χ3v) is 7.02. The molecule has 1 heterocycles. The molecule has 0 saturated carbocycles. The summed E-state index contributed by atoms with van der Waals surface area (Å²) < 4.78 is 27.9. The maximum atomic E-state index is 13.2. The van der Waals surface area contributed by atoms with Crippen molar-refractivity contribution in [1.82, 2.24) is 4.57 Å². The highest BCUT2D eigenvalue weighted by Crippen LogP contribution is 2.28. The van der Waals surface area contributed by atoms with Crippen LogP contribution >= 0.6 is 0 Å². The van der Waals surface area contributed by atoms with E-state index in [9.17, 15) is 23.3 Å². The Bertz CT molecular complexity index is 1460. The Hall–Kier alpha value is -3.98. The van der Waals surface area contributed by atoms with Gasteiger partial charge in [-0.05, 0) is 24.1 Å². The summed E-state index contributed by atoms with van der Waals surface area (Å²) in [5.74, 6) is -0.577. The number of non-ortho nitro benzene ring substituents is 1. The van der Waals surface area contributed by atoms with Crippen molar-refractivity contribution in [2.45, 2.75) is 24.1 Å². The van der Waals surface area contributed by atoms with Gasteiger partial charge in [-0.25, -0.2) is 8.42 Å². The lowest BCUT2D eigenvalue weighted by atomic mass is 10.2. The molecule has 0 aliphatic carbocycles. The number of benzene rings is 3. The number of amides is 1. The standard InChI is InChI=1S/C24H21N3O5S/c1-17-11-12-19(27(29)30)13-21(17)25-24(28)15-26-14-23(20-9-5-6-10-22(20)26)33(31,32)16-18-7-3-2-4-8-18/h2-14H,15-16H2,1H3,(H,25,28). The average molecular weight is 464 g/mol. The number of nitro groups is 1. The predicted molar refractivity (Wildman–Crippen MR) is 126 cm³/mol. The number of anilines is 1. The first kappa shape index (κ1) is 22.2. The van der Waals surface area contributed by atoms with Gasteiger partial charge in [-0.1, -0.05) is 54.6 Å². The predicted octanol–water partition coefficient (Wildman–Crippen LogP) is 4.47. The fourth-order valence-electron chi connectivity index (χ4n) is 3.67. The van der Waals surface area contributed by atoms with Crippen molar-refractivity contribution in [3.05, 3.63) is 100 Å². The van der Waals surface area contributed by atoms with Gasteiger partial charge in [-0.3, -0.25) is 14.9 Å². The molecule has 3 aromatic carbocycles. The van der Waals surface area contributed by atoms with E-state index in [2.05, 4.69) is 5.32 Å². The average Bonchev–Trinajstić information content (AvgIpc) is 3.15. The van der Waals surface area contributed by atoms with Crippen LogP contribution in [0.1, 0.15) is 11.1 Å². The Morgan fingerprint density at radius 2 is 1.73 bits per heavy atom. The number of nitrogens with zero attached hydrogens (tertiary/aromatic N) is 2. The topological polar surface area (TPSA) is 111 Å². The Morgan fingerprint density at radius 3 is 2.45 bits per heavy atom. The number of fused-ring (bicyclic) bond motifs is 1. The molecule has 0 unspecified atom stereocenters. The first-order valence-electron chi connectivity index (χ1n) is 10.1. The van der Waals surface area contributed by atoms with Crippen LogP contribution < -0.4 is 5.32 Å². The third kappa shape index (κ3) is 4.78. The van der Waals surface area contributed by atoms with E-state index in [1.807, 2.05) is 6.07 Å². The van der Waals surface area contributed by atoms with Crippen LogP contribution in [0.5, 0.6) is 0 Å². The molecule has 0 saturated heterocycles. The summed E-state index contributed by atoms with van der Waals surface area (Å²) in [5, 5.41) is 14.3. The van der Waals surface area contributed by atoms with Crippen molar-refractivity contribution < 1.29 is 18.1 Å². The zero-order valence-corrected chi connectivity index (χ0v) is 18.6. The molecule has 8 nitrogen and oxygen atoms in total. The van der Waals surface area contributed by atoms with Crippen molar-refractivity contribution >= 4 is 38.0 Å². The fraction of sp³-hybridized carbons (Fsp3) is 0.125. The molecular formula is C24H21N3O5S. The second kappa shape index (κ2) is 8.87. The van der Waals surface area contributed by atoms with Crippen LogP contribution in [0.2, 0.25) is 0 Å². The number of nitro benzene ring substituents is 1. The van der Waals surface area contributed by atoms with Crippen LogP contribution in [0.15, 0.2) is 83.9 Å². The highest BCUT2D eigenvalue weighted by molar-refractivity contribution is 7.90. The number of rotatable bonds is 7. The van der Waals surface area contributed by atoms with Gasteiger partial charge in [0.2, 0.25) is 5.91 Å². The number of carbonyl (C=O) groups excluding carboxylic acids is 1. The van der Waals surface area contributed by atoms with Gasteiger partial charge in [0.05, 0.1) is 21.3 Å². The van der Waals surface area contributed by atoms with Crippen LogP contribution in [-0.2, 0) is 26.9 Å². The highest BCUT2D eigenvalue weighted by atomic mass is 32.2. The molecule has 0 aliphatic rings. The summed E-state index contributed by atoms with van der Waals surface area (Å²) in [7, 11) is -3.66. The lowest BCUT2D eigenvalue weighted by Crippen LogP contribution is -2.19. The molecular weight excluding hydrogens is 442 g/mol. The van der Waals surface area contributed by atoms with Gasteiger partial charge in [-0.2, -0.15) is 0 Å². The molecule has 1 aromatic heterocycles. The number of para-hydroxylation sites is 1. The van der Waals surface area contributed by atoms with E-state index in [4.69, 9.17) is 0 Å². The molecule has 4 rings (SSSR count). The molecule has 9 heteroatoms. The van der Waals surface area contributed by atoms with Gasteiger partial charge in [0.25, 0.3) is 5.69 Å². The molecule has 4 aromatic rings. The molecule has 1 N–H and O–H groups in total. The molecule has 1 amide bonds. The van der Waals surface area contributed by atoms with Crippen molar-refractivity contribution in [2.75, 3.05) is 5.32 Å². The molecule has 0 radical (unpaired) electrons. The first-order chi connectivity index (χ1) is 15.7. The molecule has 0 spiro atoms. The van der Waals surface area contributed by atoms with Crippen LogP contribution in [0.3, 0.4) is 0 Å². The molecule has 0 aliphatic heterocycles. The van der Waals surface area contributed by atoms with Gasteiger partial charge in [0.15, 0.2) is 9.84 Å². The molecule has 0 atom stereocenters. The van der Waals surface area contributed by atoms with E-state index in [0.717, 1.165) is 0 Å². The van der Waals surface area contributed by atoms with Crippen molar-refractivity contribution in [3.63, 3.8) is 0 Å². The summed E-state index contributed by atoms with van der Waals surface area (Å²) in [6.07, 6.45) is 1.48. The SMILES string of the molecule is Cc1ccc([N+](=O)[O-])cc1NC(=O)Cn1cc(S(=O)(=O)Cc2ccccc2)c2ccccc21. The number of hydrogen-bond donors (Lipinski definition) is 1. The number of nitrogens with one attached hydrogen (secondary N) is 1. The van der Waals surface area contributed by atoms with Gasteiger partial charge < -0.3 is 9.88 Å². The van der Waals surface area contributed by atoms with E-state index in [1.165, 1.54) is 18.3 Å². The molecule has 33 heavy (non-hydrogen) atoms. The van der Waals surface area contributed by atoms with E-state index in [0.29, 0.717) is 27.7 Å².